The van der Waals surface area contributed by atoms with E-state index < -0.39 is 19.2 Å². The number of pyridine rings is 1. The number of hydrogen-bond donors (Lipinski definition) is 0. The topological polar surface area (TPSA) is 3.88 Å². The van der Waals surface area contributed by atoms with Gasteiger partial charge in [0.15, 0.2) is 11.9 Å². The quantitative estimate of drug-likeness (QED) is 0.490. The molecule has 3 rings (SSSR count). The Hall–Kier alpha value is -0.721. The number of rotatable bonds is 7. The lowest BCUT2D eigenvalue weighted by atomic mass is 8.57. The van der Waals surface area contributed by atoms with Crippen molar-refractivity contribution in [1.29, 1.82) is 0 Å². The van der Waals surface area contributed by atoms with Crippen molar-refractivity contribution >= 4 is 81.6 Å². The Kier molecular flexibility index (Phi) is 6.72. The minimum absolute atomic E-state index is 0.108. The zero-order valence-corrected chi connectivity index (χ0v) is 17.5. The van der Waals surface area contributed by atoms with Gasteiger partial charge in [-0.05, 0) is 29.4 Å². The van der Waals surface area contributed by atoms with E-state index in [1.807, 2.05) is 0 Å². The molecule has 1 saturated heterocycles. The van der Waals surface area contributed by atoms with Crippen molar-refractivity contribution in [3.63, 3.8) is 0 Å². The predicted octanol–water partition coefficient (Wildman–Crippen LogP) is 0.00290. The van der Waals surface area contributed by atoms with Gasteiger partial charge < -0.3 is 0 Å². The Morgan fingerprint density at radius 1 is 1.04 bits per heavy atom. The van der Waals surface area contributed by atoms with Crippen molar-refractivity contribution in [2.45, 2.75) is 38.8 Å². The van der Waals surface area contributed by atoms with Gasteiger partial charge in [-0.25, -0.2) is 4.57 Å². The van der Waals surface area contributed by atoms with Gasteiger partial charge >= 0.3 is 0 Å². The fourth-order valence-corrected chi connectivity index (χ4v) is 4.92. The van der Waals surface area contributed by atoms with Crippen LogP contribution in [0.15, 0.2) is 30.5 Å². The standard InChI is InChI=1S/C17H22B10N/c1-11(2)7-13-5-6-14-10-28(4)16(9-15(14)8-13)17-12(3)23(17)27(25(20)21)26(22)24(18)19/h5-6,8-12,17H,7H2,1-4H3/q+1. The normalized spacial score (nSPS) is 18.4. The van der Waals surface area contributed by atoms with Crippen LogP contribution in [0.5, 0.6) is 0 Å². The predicted molar refractivity (Wildman–Crippen MR) is 133 cm³/mol. The van der Waals surface area contributed by atoms with Crippen molar-refractivity contribution in [3.05, 3.63) is 41.7 Å². The van der Waals surface area contributed by atoms with Crippen molar-refractivity contribution in [2.24, 2.45) is 13.0 Å². The van der Waals surface area contributed by atoms with Crippen LogP contribution in [0.4, 0.5) is 0 Å². The number of aryl methyl sites for hydroxylation is 1. The maximum atomic E-state index is 6.28. The van der Waals surface area contributed by atoms with Gasteiger partial charge in [0.25, 0.3) is 0 Å². The zero-order valence-electron chi connectivity index (χ0n) is 17.5. The molecule has 1 aliphatic heterocycles. The number of hydrogen-bond acceptors (Lipinski definition) is 0. The molecule has 28 heavy (non-hydrogen) atoms. The Morgan fingerprint density at radius 3 is 2.29 bits per heavy atom. The molecule has 11 heteroatoms. The van der Waals surface area contributed by atoms with Crippen LogP contribution in [-0.2, 0) is 13.5 Å². The van der Waals surface area contributed by atoms with E-state index in [4.69, 9.17) is 38.7 Å². The number of benzene rings is 1. The molecule has 2 atom stereocenters. The first kappa shape index (κ1) is 22.0. The van der Waals surface area contributed by atoms with Crippen LogP contribution in [0.1, 0.15) is 37.8 Å². The zero-order chi connectivity index (χ0) is 20.7. The monoisotopic (exact) mass is 350 g/mol. The summed E-state index contributed by atoms with van der Waals surface area (Å²) in [5, 5.41) is 2.52. The summed E-state index contributed by atoms with van der Waals surface area (Å²) >= 11 is 0. The Balaban J connectivity index is 1.95. The summed E-state index contributed by atoms with van der Waals surface area (Å²) in [7, 11) is 32.3. The molecule has 2 aromatic rings. The summed E-state index contributed by atoms with van der Waals surface area (Å²) in [5.41, 5.74) is 2.66. The lowest BCUT2D eigenvalue weighted by Crippen LogP contribution is -2.64. The molecule has 0 spiro atoms. The lowest BCUT2D eigenvalue weighted by molar-refractivity contribution is -0.677. The highest BCUT2D eigenvalue weighted by atomic mass is 14.9. The smallest absolute Gasteiger partial charge is 0.176 e. The van der Waals surface area contributed by atoms with E-state index in [1.165, 1.54) is 22.0 Å². The van der Waals surface area contributed by atoms with E-state index in [0.717, 1.165) is 6.42 Å². The molecular formula is C17H22B10N+. The van der Waals surface area contributed by atoms with E-state index in [1.54, 1.807) is 0 Å². The first-order valence-corrected chi connectivity index (χ1v) is 10.3. The molecule has 124 valence electrons. The summed E-state index contributed by atoms with van der Waals surface area (Å²) in [6.45, 7) is 7.02. The molecule has 0 saturated carbocycles. The summed E-state index contributed by atoms with van der Waals surface area (Å²) in [5.74, 6) is 1.43. The third-order valence-corrected chi connectivity index (χ3v) is 6.41. The molecule has 1 fully saturated rings. The average molecular weight is 348 g/mol. The van der Waals surface area contributed by atoms with Crippen LogP contribution < -0.4 is 4.57 Å². The average Bonchev–Trinajstić information content (AvgIpc) is 3.23. The lowest BCUT2D eigenvalue weighted by Gasteiger charge is -2.25. The van der Waals surface area contributed by atoms with Gasteiger partial charge in [-0.1, -0.05) is 38.7 Å². The van der Waals surface area contributed by atoms with Crippen LogP contribution in [0.3, 0.4) is 0 Å². The number of fused-ring (bicyclic) bond motifs is 1. The molecule has 0 amide bonds. The van der Waals surface area contributed by atoms with Gasteiger partial charge in [-0.3, -0.25) is 0 Å². The second kappa shape index (κ2) is 8.57. The molecule has 10 radical (unpaired) electrons. The Labute approximate surface area is 179 Å². The van der Waals surface area contributed by atoms with Crippen LogP contribution >= 0.6 is 0 Å². The van der Waals surface area contributed by atoms with E-state index in [0.29, 0.717) is 17.6 Å². The van der Waals surface area contributed by atoms with Crippen LogP contribution in [0.2, 0.25) is 5.82 Å². The Bertz CT molecular complexity index is 842. The van der Waals surface area contributed by atoms with Crippen LogP contribution in [0, 0.1) is 5.92 Å². The van der Waals surface area contributed by atoms with Crippen molar-refractivity contribution in [3.8, 4) is 0 Å². The van der Waals surface area contributed by atoms with Gasteiger partial charge in [0.2, 0.25) is 0 Å². The van der Waals surface area contributed by atoms with E-state index >= 15 is 0 Å². The van der Waals surface area contributed by atoms with Crippen molar-refractivity contribution in [2.75, 3.05) is 0 Å². The molecule has 0 aliphatic carbocycles. The van der Waals surface area contributed by atoms with E-state index in [9.17, 15) is 0 Å². The minimum atomic E-state index is -0.628. The molecule has 1 nitrogen and oxygen atoms in total. The first-order chi connectivity index (χ1) is 13.1. The van der Waals surface area contributed by atoms with Crippen molar-refractivity contribution in [1.82, 2.24) is 0 Å². The van der Waals surface area contributed by atoms with Crippen LogP contribution in [0.25, 0.3) is 10.8 Å². The molecule has 2 unspecified atom stereocenters. The van der Waals surface area contributed by atoms with Gasteiger partial charge in [-0.15, -0.1) is 0 Å². The SMILES string of the molecule is [B]B([B])B([B])B(B([B])[B])B1C(C)C1c1cc2cc(CC(C)C)ccc2c[n+]1C. The highest BCUT2D eigenvalue weighted by Gasteiger charge is 2.59. The van der Waals surface area contributed by atoms with Gasteiger partial charge in [0.05, 0.1) is 0 Å². The molecule has 1 aromatic carbocycles. The first-order valence-electron chi connectivity index (χ1n) is 10.3. The highest BCUT2D eigenvalue weighted by molar-refractivity contribution is 8.01. The summed E-state index contributed by atoms with van der Waals surface area (Å²) in [6, 6.07) is 9.07. The van der Waals surface area contributed by atoms with Gasteiger partial charge in [-0.2, -0.15) is 0 Å². The maximum absolute atomic E-state index is 6.28. The van der Waals surface area contributed by atoms with E-state index in [2.05, 4.69) is 62.8 Å². The fourth-order valence-electron chi connectivity index (χ4n) is 4.92. The van der Waals surface area contributed by atoms with Crippen LogP contribution in [-0.4, -0.2) is 70.8 Å². The third kappa shape index (κ3) is 4.39. The van der Waals surface area contributed by atoms with Gasteiger partial charge in [0.1, 0.15) is 13.7 Å². The van der Waals surface area contributed by atoms with Gasteiger partial charge in [0, 0.05) is 81.5 Å². The second-order valence-corrected chi connectivity index (χ2v) is 9.14. The summed E-state index contributed by atoms with van der Waals surface area (Å²) in [6.07, 6.45) is 1.60. The largest absolute Gasteiger partial charge is 0.205 e. The number of nitrogens with zero attached hydrogens (tertiary/aromatic N) is 1. The highest BCUT2D eigenvalue weighted by Crippen LogP contribution is 2.51. The third-order valence-electron chi connectivity index (χ3n) is 6.41. The minimum Gasteiger partial charge on any atom is -0.205 e. The molecule has 0 bridgehead atoms. The van der Waals surface area contributed by atoms with E-state index in [-0.39, 0.29) is 13.0 Å². The summed E-state index contributed by atoms with van der Waals surface area (Å²) in [4.78, 5) is 0. The molecule has 1 aliphatic rings. The molecule has 0 N–H and O–H groups in total. The Morgan fingerprint density at radius 2 is 1.71 bits per heavy atom. The second-order valence-electron chi connectivity index (χ2n) is 9.14. The molecule has 1 aromatic heterocycles. The molecular weight excluding hydrogens is 326 g/mol. The fraction of sp³-hybridized carbons (Fsp3) is 0.471. The van der Waals surface area contributed by atoms with Crippen molar-refractivity contribution < 1.29 is 4.57 Å². The molecule has 2 heterocycles. The number of aromatic nitrogens is 1. The summed E-state index contributed by atoms with van der Waals surface area (Å²) < 4.78 is 2.22. The maximum Gasteiger partial charge on any atom is 0.176 e.